The summed E-state index contributed by atoms with van der Waals surface area (Å²) in [6.45, 7) is 3.64. The summed E-state index contributed by atoms with van der Waals surface area (Å²) in [6, 6.07) is 0. The average molecular weight is 180 g/mol. The molecule has 0 fully saturated rings. The van der Waals surface area contributed by atoms with E-state index in [9.17, 15) is 0 Å². The van der Waals surface area contributed by atoms with Crippen LogP contribution in [0.3, 0.4) is 0 Å². The van der Waals surface area contributed by atoms with Crippen LogP contribution in [-0.2, 0) is 0 Å². The van der Waals surface area contributed by atoms with Gasteiger partial charge in [-0.1, -0.05) is 19.1 Å². The highest BCUT2D eigenvalue weighted by Gasteiger charge is 2.11. The van der Waals surface area contributed by atoms with Crippen LogP contribution in [0.15, 0.2) is 24.4 Å². The fraction of sp³-hybridized carbons (Fsp3) is 0.444. The third-order valence-electron chi connectivity index (χ3n) is 1.82. The van der Waals surface area contributed by atoms with Crippen molar-refractivity contribution < 1.29 is 0 Å². The molecule has 1 aliphatic rings. The first-order valence-corrected chi connectivity index (χ1v) is 4.47. The molecule has 3 N–H and O–H groups in total. The smallest absolute Gasteiger partial charge is 0.207 e. The number of rotatable bonds is 3. The Labute approximate surface area is 78.8 Å². The number of nitrogens with two attached hydrogens (primary N) is 1. The summed E-state index contributed by atoms with van der Waals surface area (Å²) in [7, 11) is 0. The van der Waals surface area contributed by atoms with E-state index in [-0.39, 0.29) is 5.96 Å². The molecular weight excluding hydrogens is 164 g/mol. The second kappa shape index (κ2) is 4.54. The zero-order valence-corrected chi connectivity index (χ0v) is 7.90. The maximum Gasteiger partial charge on any atom is 0.207 e. The molecule has 0 unspecified atom stereocenters. The zero-order valence-electron chi connectivity index (χ0n) is 7.90. The van der Waals surface area contributed by atoms with Gasteiger partial charge in [-0.2, -0.15) is 0 Å². The molecule has 72 valence electrons. The van der Waals surface area contributed by atoms with Crippen LogP contribution < -0.4 is 5.73 Å². The number of guanidine groups is 1. The largest absolute Gasteiger partial charge is 0.369 e. The zero-order chi connectivity index (χ0) is 9.68. The standard InChI is InChI=1S/C9H16N4/c1-2-6-13(9(10)11)12-7-4-3-5-8-12/h3-5,7H,2,6,8H2,1H3,(H3,10,11). The Morgan fingerprint density at radius 1 is 1.62 bits per heavy atom. The van der Waals surface area contributed by atoms with Gasteiger partial charge in [0.1, 0.15) is 0 Å². The van der Waals surface area contributed by atoms with Crippen molar-refractivity contribution in [3.05, 3.63) is 24.4 Å². The number of hydrogen-bond acceptors (Lipinski definition) is 2. The third kappa shape index (κ3) is 2.50. The van der Waals surface area contributed by atoms with E-state index in [1.54, 1.807) is 5.01 Å². The van der Waals surface area contributed by atoms with Gasteiger partial charge in [-0.05, 0) is 12.5 Å². The quantitative estimate of drug-likeness (QED) is 0.501. The maximum absolute atomic E-state index is 7.40. The van der Waals surface area contributed by atoms with E-state index in [0.29, 0.717) is 0 Å². The Bertz CT molecular complexity index is 232. The molecule has 0 saturated carbocycles. The summed E-state index contributed by atoms with van der Waals surface area (Å²) >= 11 is 0. The van der Waals surface area contributed by atoms with Crippen molar-refractivity contribution in [2.75, 3.05) is 13.1 Å². The van der Waals surface area contributed by atoms with Gasteiger partial charge in [0.2, 0.25) is 5.96 Å². The molecule has 1 aliphatic heterocycles. The molecule has 0 amide bonds. The van der Waals surface area contributed by atoms with E-state index in [1.165, 1.54) is 0 Å². The van der Waals surface area contributed by atoms with E-state index in [2.05, 4.69) is 6.92 Å². The van der Waals surface area contributed by atoms with Crippen LogP contribution in [-0.4, -0.2) is 29.1 Å². The molecular formula is C9H16N4. The molecule has 13 heavy (non-hydrogen) atoms. The predicted molar refractivity (Wildman–Crippen MR) is 53.9 cm³/mol. The molecule has 0 aromatic carbocycles. The monoisotopic (exact) mass is 180 g/mol. The minimum absolute atomic E-state index is 0.0989. The topological polar surface area (TPSA) is 56.4 Å². The summed E-state index contributed by atoms with van der Waals surface area (Å²) < 4.78 is 0. The maximum atomic E-state index is 7.40. The Morgan fingerprint density at radius 3 is 2.85 bits per heavy atom. The highest BCUT2D eigenvalue weighted by Crippen LogP contribution is 2.04. The first-order chi connectivity index (χ1) is 6.25. The lowest BCUT2D eigenvalue weighted by Gasteiger charge is -2.34. The van der Waals surface area contributed by atoms with Gasteiger partial charge in [0.15, 0.2) is 0 Å². The summed E-state index contributed by atoms with van der Waals surface area (Å²) in [5.74, 6) is 0.0989. The van der Waals surface area contributed by atoms with Crippen molar-refractivity contribution in [2.24, 2.45) is 5.73 Å². The van der Waals surface area contributed by atoms with Gasteiger partial charge in [-0.25, -0.2) is 0 Å². The molecule has 0 aliphatic carbocycles. The number of hydrogen-bond donors (Lipinski definition) is 2. The van der Waals surface area contributed by atoms with E-state index in [4.69, 9.17) is 11.1 Å². The van der Waals surface area contributed by atoms with Crippen LogP contribution in [0.4, 0.5) is 0 Å². The molecule has 0 aromatic heterocycles. The normalized spacial score (nSPS) is 14.7. The van der Waals surface area contributed by atoms with Crippen LogP contribution in [0, 0.1) is 5.41 Å². The fourth-order valence-electron chi connectivity index (χ4n) is 1.24. The van der Waals surface area contributed by atoms with Crippen molar-refractivity contribution in [3.63, 3.8) is 0 Å². The minimum Gasteiger partial charge on any atom is -0.369 e. The summed E-state index contributed by atoms with van der Waals surface area (Å²) in [4.78, 5) is 0. The van der Waals surface area contributed by atoms with Crippen molar-refractivity contribution in [1.82, 2.24) is 10.0 Å². The SMILES string of the molecule is CCCN(C(=N)N)N1C=CC=CC1. The summed E-state index contributed by atoms with van der Waals surface area (Å²) in [5, 5.41) is 11.1. The lowest BCUT2D eigenvalue weighted by atomic mass is 10.4. The van der Waals surface area contributed by atoms with Gasteiger partial charge in [-0.15, -0.1) is 0 Å². The van der Waals surface area contributed by atoms with Crippen molar-refractivity contribution >= 4 is 5.96 Å². The molecule has 1 rings (SSSR count). The van der Waals surface area contributed by atoms with Crippen molar-refractivity contribution in [1.29, 1.82) is 5.41 Å². The van der Waals surface area contributed by atoms with Crippen LogP contribution >= 0.6 is 0 Å². The van der Waals surface area contributed by atoms with Gasteiger partial charge in [0, 0.05) is 12.7 Å². The minimum atomic E-state index is 0.0989. The molecule has 0 spiro atoms. The Morgan fingerprint density at radius 2 is 2.38 bits per heavy atom. The molecule has 4 nitrogen and oxygen atoms in total. The molecule has 4 heteroatoms. The second-order valence-electron chi connectivity index (χ2n) is 2.90. The summed E-state index contributed by atoms with van der Waals surface area (Å²) in [6.07, 6.45) is 8.87. The van der Waals surface area contributed by atoms with Gasteiger partial charge >= 0.3 is 0 Å². The first kappa shape index (κ1) is 9.64. The van der Waals surface area contributed by atoms with Crippen LogP contribution in [0.25, 0.3) is 0 Å². The second-order valence-corrected chi connectivity index (χ2v) is 2.90. The Kier molecular flexibility index (Phi) is 3.37. The van der Waals surface area contributed by atoms with Crippen molar-refractivity contribution in [2.45, 2.75) is 13.3 Å². The van der Waals surface area contributed by atoms with Crippen LogP contribution in [0.1, 0.15) is 13.3 Å². The predicted octanol–water partition coefficient (Wildman–Crippen LogP) is 0.892. The molecule has 0 saturated heterocycles. The van der Waals surface area contributed by atoms with Crippen LogP contribution in [0.2, 0.25) is 0 Å². The lowest BCUT2D eigenvalue weighted by Crippen LogP contribution is -2.47. The Balaban J connectivity index is 2.59. The number of allylic oxidation sites excluding steroid dienone is 2. The highest BCUT2D eigenvalue weighted by molar-refractivity contribution is 5.74. The average Bonchev–Trinajstić information content (AvgIpc) is 2.15. The first-order valence-electron chi connectivity index (χ1n) is 4.47. The van der Waals surface area contributed by atoms with Crippen LogP contribution in [0.5, 0.6) is 0 Å². The number of nitrogens with one attached hydrogen (secondary N) is 1. The molecule has 0 aromatic rings. The fourth-order valence-corrected chi connectivity index (χ4v) is 1.24. The summed E-state index contributed by atoms with van der Waals surface area (Å²) in [5.41, 5.74) is 5.46. The van der Waals surface area contributed by atoms with Crippen molar-refractivity contribution in [3.8, 4) is 0 Å². The Hall–Kier alpha value is -1.45. The van der Waals surface area contributed by atoms with Gasteiger partial charge in [0.25, 0.3) is 0 Å². The molecule has 1 heterocycles. The number of nitrogens with zero attached hydrogens (tertiary/aromatic N) is 2. The molecule has 0 bridgehead atoms. The molecule has 0 radical (unpaired) electrons. The van der Waals surface area contributed by atoms with Gasteiger partial charge in [-0.3, -0.25) is 15.4 Å². The van der Waals surface area contributed by atoms with Gasteiger partial charge in [0.05, 0.1) is 6.54 Å². The van der Waals surface area contributed by atoms with E-state index >= 15 is 0 Å². The third-order valence-corrected chi connectivity index (χ3v) is 1.82. The number of hydrazine groups is 1. The van der Waals surface area contributed by atoms with E-state index < -0.39 is 0 Å². The lowest BCUT2D eigenvalue weighted by molar-refractivity contribution is 0.114. The van der Waals surface area contributed by atoms with Gasteiger partial charge < -0.3 is 5.73 Å². The molecule has 0 atom stereocenters. The highest BCUT2D eigenvalue weighted by atomic mass is 15.6. The van der Waals surface area contributed by atoms with E-state index in [0.717, 1.165) is 19.5 Å². The van der Waals surface area contributed by atoms with E-state index in [1.807, 2.05) is 29.4 Å².